The summed E-state index contributed by atoms with van der Waals surface area (Å²) < 4.78 is 10.8. The quantitative estimate of drug-likeness (QED) is 0.801. The monoisotopic (exact) mass is 285 g/mol. The van der Waals surface area contributed by atoms with Gasteiger partial charge in [-0.3, -0.25) is 4.79 Å². The molecule has 1 N–H and O–H groups in total. The highest BCUT2D eigenvalue weighted by Crippen LogP contribution is 2.21. The lowest BCUT2D eigenvalue weighted by atomic mass is 9.98. The lowest BCUT2D eigenvalue weighted by Crippen LogP contribution is -2.49. The van der Waals surface area contributed by atoms with E-state index in [1.165, 1.54) is 0 Å². The maximum atomic E-state index is 12.2. The summed E-state index contributed by atoms with van der Waals surface area (Å²) in [4.78, 5) is 24.4. The highest BCUT2D eigenvalue weighted by atomic mass is 16.6. The van der Waals surface area contributed by atoms with Gasteiger partial charge < -0.3 is 14.8 Å². The third-order valence-corrected chi connectivity index (χ3v) is 3.34. The molecule has 5 heteroatoms. The van der Waals surface area contributed by atoms with Crippen molar-refractivity contribution in [2.75, 3.05) is 6.61 Å². The van der Waals surface area contributed by atoms with Gasteiger partial charge in [0.1, 0.15) is 11.6 Å². The molecule has 3 atom stereocenters. The number of rotatable bonds is 4. The number of amides is 1. The second-order valence-electron chi connectivity index (χ2n) is 6.73. The summed E-state index contributed by atoms with van der Waals surface area (Å²) in [5, 5.41) is 2.82. The van der Waals surface area contributed by atoms with Gasteiger partial charge in [0.15, 0.2) is 0 Å². The van der Waals surface area contributed by atoms with E-state index in [-0.39, 0.29) is 29.8 Å². The molecule has 0 aromatic carbocycles. The van der Waals surface area contributed by atoms with Crippen molar-refractivity contribution in [3.05, 3.63) is 0 Å². The van der Waals surface area contributed by atoms with Crippen LogP contribution in [-0.4, -0.2) is 36.2 Å². The van der Waals surface area contributed by atoms with Gasteiger partial charge in [-0.05, 0) is 40.0 Å². The van der Waals surface area contributed by atoms with Crippen LogP contribution in [0.25, 0.3) is 0 Å². The zero-order chi connectivity index (χ0) is 15.5. The molecule has 1 fully saturated rings. The Hall–Kier alpha value is -1.10. The standard InChI is InChI=1S/C15H27NO4/c1-9(2)12(14(18)20-15(4,5)6)16-13(17)11-7-8-19-10(11)3/h9-12H,7-8H2,1-6H3,(H,16,17)/t10?,11?,12-/m1/s1. The van der Waals surface area contributed by atoms with E-state index in [9.17, 15) is 9.59 Å². The maximum absolute atomic E-state index is 12.2. The number of ether oxygens (including phenoxy) is 2. The molecule has 0 radical (unpaired) electrons. The van der Waals surface area contributed by atoms with Crippen LogP contribution >= 0.6 is 0 Å². The normalized spacial score (nSPS) is 24.6. The summed E-state index contributed by atoms with van der Waals surface area (Å²) in [6.45, 7) is 11.7. The fraction of sp³-hybridized carbons (Fsp3) is 0.867. The molecular formula is C15H27NO4. The fourth-order valence-electron chi connectivity index (χ4n) is 2.20. The van der Waals surface area contributed by atoms with Gasteiger partial charge in [-0.1, -0.05) is 13.8 Å². The number of carbonyl (C=O) groups excluding carboxylic acids is 2. The summed E-state index contributed by atoms with van der Waals surface area (Å²) in [5.74, 6) is -0.711. The minimum atomic E-state index is -0.616. The summed E-state index contributed by atoms with van der Waals surface area (Å²) in [7, 11) is 0. The van der Waals surface area contributed by atoms with Crippen LogP contribution in [0.5, 0.6) is 0 Å². The molecule has 0 spiro atoms. The first-order valence-corrected chi connectivity index (χ1v) is 7.26. The van der Waals surface area contributed by atoms with Gasteiger partial charge in [-0.15, -0.1) is 0 Å². The predicted molar refractivity (Wildman–Crippen MR) is 76.1 cm³/mol. The van der Waals surface area contributed by atoms with E-state index in [4.69, 9.17) is 9.47 Å². The number of hydrogen-bond donors (Lipinski definition) is 1. The maximum Gasteiger partial charge on any atom is 0.329 e. The lowest BCUT2D eigenvalue weighted by molar-refractivity contribution is -0.160. The minimum Gasteiger partial charge on any atom is -0.458 e. The molecule has 1 aliphatic heterocycles. The molecule has 1 rings (SSSR count). The van der Waals surface area contributed by atoms with Crippen LogP contribution in [0.1, 0.15) is 48.0 Å². The van der Waals surface area contributed by atoms with Crippen molar-refractivity contribution in [3.8, 4) is 0 Å². The fourth-order valence-corrected chi connectivity index (χ4v) is 2.20. The topological polar surface area (TPSA) is 64.6 Å². The van der Waals surface area contributed by atoms with Gasteiger partial charge in [0.2, 0.25) is 5.91 Å². The molecule has 1 amide bonds. The average molecular weight is 285 g/mol. The highest BCUT2D eigenvalue weighted by molar-refractivity contribution is 5.86. The van der Waals surface area contributed by atoms with Gasteiger partial charge >= 0.3 is 5.97 Å². The van der Waals surface area contributed by atoms with Crippen LogP contribution in [0, 0.1) is 11.8 Å². The predicted octanol–water partition coefficient (Wildman–Crippen LogP) is 1.89. The Morgan fingerprint density at radius 3 is 2.30 bits per heavy atom. The van der Waals surface area contributed by atoms with E-state index in [0.717, 1.165) is 0 Å². The summed E-state index contributed by atoms with van der Waals surface area (Å²) in [6.07, 6.45) is 0.605. The highest BCUT2D eigenvalue weighted by Gasteiger charge is 2.35. The van der Waals surface area contributed by atoms with E-state index in [0.29, 0.717) is 13.0 Å². The molecule has 2 unspecified atom stereocenters. The zero-order valence-electron chi connectivity index (χ0n) is 13.4. The van der Waals surface area contributed by atoms with Crippen LogP contribution in [-0.2, 0) is 19.1 Å². The van der Waals surface area contributed by atoms with Crippen molar-refractivity contribution in [3.63, 3.8) is 0 Å². The van der Waals surface area contributed by atoms with Gasteiger partial charge in [-0.2, -0.15) is 0 Å². The molecule has 0 bridgehead atoms. The van der Waals surface area contributed by atoms with Crippen molar-refractivity contribution in [1.29, 1.82) is 0 Å². The van der Waals surface area contributed by atoms with E-state index >= 15 is 0 Å². The number of carbonyl (C=O) groups is 2. The second-order valence-corrected chi connectivity index (χ2v) is 6.73. The number of nitrogens with one attached hydrogen (secondary N) is 1. The van der Waals surface area contributed by atoms with E-state index in [1.54, 1.807) is 0 Å². The SMILES string of the molecule is CC1OCCC1C(=O)N[C@@H](C(=O)OC(C)(C)C)C(C)C. The number of esters is 1. The Morgan fingerprint density at radius 2 is 1.90 bits per heavy atom. The first kappa shape index (κ1) is 17.0. The lowest BCUT2D eigenvalue weighted by Gasteiger charge is -2.27. The van der Waals surface area contributed by atoms with Gasteiger partial charge in [0.25, 0.3) is 0 Å². The van der Waals surface area contributed by atoms with Crippen LogP contribution in [0.2, 0.25) is 0 Å². The summed E-state index contributed by atoms with van der Waals surface area (Å²) in [5.41, 5.74) is -0.557. The molecule has 0 aromatic rings. The third-order valence-electron chi connectivity index (χ3n) is 3.34. The zero-order valence-corrected chi connectivity index (χ0v) is 13.4. The Bertz CT molecular complexity index is 359. The smallest absolute Gasteiger partial charge is 0.329 e. The van der Waals surface area contributed by atoms with Crippen molar-refractivity contribution in [2.24, 2.45) is 11.8 Å². The molecule has 0 aliphatic carbocycles. The Balaban J connectivity index is 2.67. The first-order chi connectivity index (χ1) is 9.11. The van der Waals surface area contributed by atoms with Crippen LogP contribution in [0.4, 0.5) is 0 Å². The molecule has 1 aliphatic rings. The Kier molecular flexibility index (Phi) is 5.57. The van der Waals surface area contributed by atoms with Crippen molar-refractivity contribution in [1.82, 2.24) is 5.32 Å². The molecule has 0 aromatic heterocycles. The second kappa shape index (κ2) is 6.57. The van der Waals surface area contributed by atoms with Crippen molar-refractivity contribution >= 4 is 11.9 Å². The molecule has 116 valence electrons. The van der Waals surface area contributed by atoms with Crippen LogP contribution in [0.15, 0.2) is 0 Å². The summed E-state index contributed by atoms with van der Waals surface area (Å²) in [6, 6.07) is -0.616. The van der Waals surface area contributed by atoms with E-state index in [2.05, 4.69) is 5.32 Å². The Morgan fingerprint density at radius 1 is 1.30 bits per heavy atom. The molecule has 20 heavy (non-hydrogen) atoms. The van der Waals surface area contributed by atoms with Crippen LogP contribution in [0.3, 0.4) is 0 Å². The molecular weight excluding hydrogens is 258 g/mol. The van der Waals surface area contributed by atoms with Gasteiger partial charge in [-0.25, -0.2) is 4.79 Å². The van der Waals surface area contributed by atoms with Crippen LogP contribution < -0.4 is 5.32 Å². The van der Waals surface area contributed by atoms with Crippen molar-refractivity contribution < 1.29 is 19.1 Å². The van der Waals surface area contributed by atoms with E-state index in [1.807, 2.05) is 41.5 Å². The Labute approximate surface area is 121 Å². The number of hydrogen-bond acceptors (Lipinski definition) is 4. The molecule has 1 saturated heterocycles. The van der Waals surface area contributed by atoms with Gasteiger partial charge in [0, 0.05) is 6.61 Å². The minimum absolute atomic E-state index is 0.0218. The van der Waals surface area contributed by atoms with Gasteiger partial charge in [0.05, 0.1) is 12.0 Å². The van der Waals surface area contributed by atoms with E-state index < -0.39 is 11.6 Å². The molecule has 5 nitrogen and oxygen atoms in total. The first-order valence-electron chi connectivity index (χ1n) is 7.26. The van der Waals surface area contributed by atoms with Crippen molar-refractivity contribution in [2.45, 2.75) is 65.7 Å². The molecule has 1 heterocycles. The molecule has 0 saturated carbocycles. The average Bonchev–Trinajstić information content (AvgIpc) is 2.69. The summed E-state index contributed by atoms with van der Waals surface area (Å²) >= 11 is 0. The largest absolute Gasteiger partial charge is 0.458 e. The third kappa shape index (κ3) is 4.78.